The van der Waals surface area contributed by atoms with Crippen LogP contribution in [0.15, 0.2) is 29.2 Å². The van der Waals surface area contributed by atoms with Crippen LogP contribution < -0.4 is 10.2 Å². The Hall–Kier alpha value is -1.20. The third-order valence-electron chi connectivity index (χ3n) is 3.99. The summed E-state index contributed by atoms with van der Waals surface area (Å²) >= 11 is 1.89. The van der Waals surface area contributed by atoms with Crippen molar-refractivity contribution >= 4 is 23.4 Å². The molecule has 1 aromatic carbocycles. The highest BCUT2D eigenvalue weighted by molar-refractivity contribution is 8.00. The molecule has 0 saturated heterocycles. The van der Waals surface area contributed by atoms with Crippen molar-refractivity contribution in [2.45, 2.75) is 30.9 Å². The molecule has 0 aliphatic carbocycles. The van der Waals surface area contributed by atoms with Crippen LogP contribution in [0.3, 0.4) is 0 Å². The van der Waals surface area contributed by atoms with Gasteiger partial charge >= 0.3 is 0 Å². The highest BCUT2D eigenvalue weighted by Gasteiger charge is 2.23. The smallest absolute Gasteiger partial charge is 0.239 e. The van der Waals surface area contributed by atoms with Gasteiger partial charge in [0.05, 0.1) is 12.2 Å². The number of hydrogen-bond donors (Lipinski definition) is 1. The van der Waals surface area contributed by atoms with Crippen LogP contribution in [-0.4, -0.2) is 55.3 Å². The topological polar surface area (TPSA) is 35.6 Å². The highest BCUT2D eigenvalue weighted by Crippen LogP contribution is 2.37. The number of nitrogens with zero attached hydrogens (tertiary/aromatic N) is 2. The van der Waals surface area contributed by atoms with E-state index >= 15 is 0 Å². The summed E-state index contributed by atoms with van der Waals surface area (Å²) in [5.74, 6) is 0.112. The molecular formula is C17H27N3OS. The number of amides is 1. The molecule has 2 rings (SSSR count). The van der Waals surface area contributed by atoms with Crippen LogP contribution in [-0.2, 0) is 4.79 Å². The van der Waals surface area contributed by atoms with Gasteiger partial charge in [-0.1, -0.05) is 32.9 Å². The molecule has 122 valence electrons. The van der Waals surface area contributed by atoms with Crippen LogP contribution in [0.25, 0.3) is 0 Å². The fraction of sp³-hybridized carbons (Fsp3) is 0.588. The fourth-order valence-corrected chi connectivity index (χ4v) is 3.92. The normalized spacial score (nSPS) is 17.5. The van der Waals surface area contributed by atoms with E-state index < -0.39 is 0 Å². The first-order chi connectivity index (χ1) is 10.6. The lowest BCUT2D eigenvalue weighted by Crippen LogP contribution is -2.43. The molecule has 1 aliphatic heterocycles. The van der Waals surface area contributed by atoms with E-state index in [1.54, 1.807) is 0 Å². The van der Waals surface area contributed by atoms with Gasteiger partial charge in [0.1, 0.15) is 0 Å². The summed E-state index contributed by atoms with van der Waals surface area (Å²) < 4.78 is 0. The maximum absolute atomic E-state index is 12.2. The van der Waals surface area contributed by atoms with Crippen LogP contribution in [0, 0.1) is 0 Å². The van der Waals surface area contributed by atoms with E-state index in [4.69, 9.17) is 0 Å². The molecule has 22 heavy (non-hydrogen) atoms. The van der Waals surface area contributed by atoms with Gasteiger partial charge in [0.15, 0.2) is 0 Å². The lowest BCUT2D eigenvalue weighted by molar-refractivity contribution is -0.119. The van der Waals surface area contributed by atoms with Crippen LogP contribution in [0.4, 0.5) is 5.69 Å². The van der Waals surface area contributed by atoms with Crippen molar-refractivity contribution in [1.82, 2.24) is 10.2 Å². The first kappa shape index (κ1) is 17.2. The Morgan fingerprint density at radius 1 is 1.36 bits per heavy atom. The zero-order chi connectivity index (χ0) is 15.9. The van der Waals surface area contributed by atoms with Crippen molar-refractivity contribution in [3.8, 4) is 0 Å². The van der Waals surface area contributed by atoms with Crippen molar-refractivity contribution in [3.63, 3.8) is 0 Å². The van der Waals surface area contributed by atoms with Crippen LogP contribution in [0.2, 0.25) is 0 Å². The van der Waals surface area contributed by atoms with Gasteiger partial charge < -0.3 is 15.1 Å². The van der Waals surface area contributed by atoms with Crippen LogP contribution in [0.1, 0.15) is 20.8 Å². The van der Waals surface area contributed by atoms with Gasteiger partial charge in [-0.3, -0.25) is 4.79 Å². The predicted molar refractivity (Wildman–Crippen MR) is 94.8 cm³/mol. The summed E-state index contributed by atoms with van der Waals surface area (Å²) in [5.41, 5.74) is 1.18. The molecule has 5 heteroatoms. The molecule has 1 aromatic rings. The molecular weight excluding hydrogens is 294 g/mol. The van der Waals surface area contributed by atoms with Gasteiger partial charge in [-0.25, -0.2) is 0 Å². The van der Waals surface area contributed by atoms with Gasteiger partial charge in [0.2, 0.25) is 5.91 Å². The lowest BCUT2D eigenvalue weighted by Gasteiger charge is -2.33. The molecule has 1 amide bonds. The maximum atomic E-state index is 12.2. The van der Waals surface area contributed by atoms with E-state index in [1.165, 1.54) is 10.6 Å². The largest absolute Gasteiger partial charge is 0.360 e. The van der Waals surface area contributed by atoms with Gasteiger partial charge in [-0.15, -0.1) is 11.8 Å². The number of carbonyl (C=O) groups is 1. The van der Waals surface area contributed by atoms with Crippen molar-refractivity contribution in [3.05, 3.63) is 24.3 Å². The molecule has 1 atom stereocenters. The average Bonchev–Trinajstić information content (AvgIpc) is 2.51. The highest BCUT2D eigenvalue weighted by atomic mass is 32.2. The van der Waals surface area contributed by atoms with Crippen molar-refractivity contribution in [2.75, 3.05) is 44.2 Å². The Morgan fingerprint density at radius 2 is 2.09 bits per heavy atom. The molecule has 0 aromatic heterocycles. The first-order valence-corrected chi connectivity index (χ1v) is 9.01. The Bertz CT molecular complexity index is 491. The molecule has 0 fully saturated rings. The number of hydrogen-bond acceptors (Lipinski definition) is 4. The first-order valence-electron chi connectivity index (χ1n) is 8.13. The molecule has 1 N–H and O–H groups in total. The van der Waals surface area contributed by atoms with Gasteiger partial charge in [0.25, 0.3) is 0 Å². The van der Waals surface area contributed by atoms with E-state index in [0.29, 0.717) is 11.8 Å². The standard InChI is InChI=1S/C17H27N3OS/c1-4-19(5-2)11-10-18-17(21)13-20-12-14(3)22-16-9-7-6-8-15(16)20/h6-9,14H,4-5,10-13H2,1-3H3,(H,18,21)/t14-/m1/s1. The van der Waals surface area contributed by atoms with E-state index in [0.717, 1.165) is 32.7 Å². The second-order valence-electron chi connectivity index (χ2n) is 5.65. The number of para-hydroxylation sites is 1. The third kappa shape index (κ3) is 4.65. The quantitative estimate of drug-likeness (QED) is 0.837. The Balaban J connectivity index is 1.86. The molecule has 0 bridgehead atoms. The third-order valence-corrected chi connectivity index (χ3v) is 5.14. The van der Waals surface area contributed by atoms with E-state index in [2.05, 4.69) is 54.1 Å². The number of likely N-dealkylation sites (N-methyl/N-ethyl adjacent to an activating group) is 1. The Labute approximate surface area is 138 Å². The lowest BCUT2D eigenvalue weighted by atomic mass is 10.2. The van der Waals surface area contributed by atoms with Crippen molar-refractivity contribution < 1.29 is 4.79 Å². The van der Waals surface area contributed by atoms with E-state index in [-0.39, 0.29) is 5.91 Å². The molecule has 0 unspecified atom stereocenters. The second-order valence-corrected chi connectivity index (χ2v) is 7.13. The fourth-order valence-electron chi connectivity index (χ4n) is 2.75. The Morgan fingerprint density at radius 3 is 2.82 bits per heavy atom. The van der Waals surface area contributed by atoms with Gasteiger partial charge in [-0.05, 0) is 25.2 Å². The minimum absolute atomic E-state index is 0.112. The Kier molecular flexibility index (Phi) is 6.58. The van der Waals surface area contributed by atoms with E-state index in [1.807, 2.05) is 17.8 Å². The summed E-state index contributed by atoms with van der Waals surface area (Å²) in [6.07, 6.45) is 0. The summed E-state index contributed by atoms with van der Waals surface area (Å²) in [5, 5.41) is 3.56. The minimum Gasteiger partial charge on any atom is -0.360 e. The predicted octanol–water partition coefficient (Wildman–Crippen LogP) is 2.45. The number of rotatable bonds is 7. The summed E-state index contributed by atoms with van der Waals surface area (Å²) in [6, 6.07) is 8.35. The monoisotopic (exact) mass is 321 g/mol. The second kappa shape index (κ2) is 8.44. The zero-order valence-corrected chi connectivity index (χ0v) is 14.7. The number of nitrogens with one attached hydrogen (secondary N) is 1. The molecule has 1 heterocycles. The van der Waals surface area contributed by atoms with Gasteiger partial charge in [0, 0.05) is 29.8 Å². The molecule has 0 saturated carbocycles. The number of fused-ring (bicyclic) bond motifs is 1. The number of thioether (sulfide) groups is 1. The van der Waals surface area contributed by atoms with Gasteiger partial charge in [-0.2, -0.15) is 0 Å². The van der Waals surface area contributed by atoms with E-state index in [9.17, 15) is 4.79 Å². The number of benzene rings is 1. The van der Waals surface area contributed by atoms with Crippen molar-refractivity contribution in [1.29, 1.82) is 0 Å². The maximum Gasteiger partial charge on any atom is 0.239 e. The SMILES string of the molecule is CCN(CC)CCNC(=O)CN1C[C@@H](C)Sc2ccccc21. The number of anilines is 1. The molecule has 1 aliphatic rings. The number of carbonyl (C=O) groups excluding carboxylic acids is 1. The summed E-state index contributed by atoms with van der Waals surface area (Å²) in [6.45, 7) is 11.6. The summed E-state index contributed by atoms with van der Waals surface area (Å²) in [4.78, 5) is 18.0. The van der Waals surface area contributed by atoms with Crippen molar-refractivity contribution in [2.24, 2.45) is 0 Å². The summed E-state index contributed by atoms with van der Waals surface area (Å²) in [7, 11) is 0. The minimum atomic E-state index is 0.112. The van der Waals surface area contributed by atoms with Crippen LogP contribution in [0.5, 0.6) is 0 Å². The zero-order valence-electron chi connectivity index (χ0n) is 13.8. The molecule has 0 radical (unpaired) electrons. The molecule has 4 nitrogen and oxygen atoms in total. The average molecular weight is 321 g/mol. The molecule has 0 spiro atoms. The van der Waals surface area contributed by atoms with Crippen LogP contribution >= 0.6 is 11.8 Å².